The zero-order chi connectivity index (χ0) is 15.4. The second-order valence-electron chi connectivity index (χ2n) is 5.31. The number of amides is 1. The average Bonchev–Trinajstić information content (AvgIpc) is 3.37. The van der Waals surface area contributed by atoms with Crippen LogP contribution in [-0.2, 0) is 6.54 Å². The number of carbonyl (C=O) groups excluding carboxylic acids is 1. The van der Waals surface area contributed by atoms with E-state index in [4.69, 9.17) is 5.26 Å². The molecule has 1 amide bonds. The molecule has 110 valence electrons. The Hall–Kier alpha value is -2.87. The van der Waals surface area contributed by atoms with Gasteiger partial charge in [0.15, 0.2) is 0 Å². The summed E-state index contributed by atoms with van der Waals surface area (Å²) in [4.78, 5) is 16.0. The lowest BCUT2D eigenvalue weighted by Gasteiger charge is -2.08. The van der Waals surface area contributed by atoms with Crippen molar-refractivity contribution >= 4 is 11.7 Å². The van der Waals surface area contributed by atoms with Crippen LogP contribution in [-0.4, -0.2) is 16.9 Å². The maximum atomic E-state index is 11.9. The molecule has 5 nitrogen and oxygen atoms in total. The Kier molecular flexibility index (Phi) is 4.01. The van der Waals surface area contributed by atoms with E-state index in [9.17, 15) is 4.79 Å². The summed E-state index contributed by atoms with van der Waals surface area (Å²) < 4.78 is 0. The molecule has 1 saturated carbocycles. The summed E-state index contributed by atoms with van der Waals surface area (Å²) in [7, 11) is 0. The monoisotopic (exact) mass is 292 g/mol. The molecule has 2 aromatic rings. The maximum Gasteiger partial charge on any atom is 0.251 e. The van der Waals surface area contributed by atoms with Crippen molar-refractivity contribution in [2.24, 2.45) is 0 Å². The molecular formula is C17H16N4O. The minimum atomic E-state index is -0.0153. The molecule has 1 aromatic heterocycles. The molecule has 3 rings (SSSR count). The number of nitrogens with zero attached hydrogens (tertiary/aromatic N) is 2. The highest BCUT2D eigenvalue weighted by atomic mass is 16.1. The van der Waals surface area contributed by atoms with Gasteiger partial charge in [-0.2, -0.15) is 5.26 Å². The minimum absolute atomic E-state index is 0.0153. The highest BCUT2D eigenvalue weighted by molar-refractivity contribution is 5.94. The van der Waals surface area contributed by atoms with E-state index < -0.39 is 0 Å². The lowest BCUT2D eigenvalue weighted by atomic mass is 10.1. The largest absolute Gasteiger partial charge is 0.365 e. The van der Waals surface area contributed by atoms with Crippen LogP contribution in [0, 0.1) is 11.3 Å². The van der Waals surface area contributed by atoms with Crippen molar-refractivity contribution in [1.29, 1.82) is 5.26 Å². The quantitative estimate of drug-likeness (QED) is 0.887. The van der Waals surface area contributed by atoms with Gasteiger partial charge in [0, 0.05) is 24.3 Å². The van der Waals surface area contributed by atoms with Crippen molar-refractivity contribution in [2.45, 2.75) is 25.4 Å². The van der Waals surface area contributed by atoms with Crippen LogP contribution in [0.1, 0.15) is 34.3 Å². The van der Waals surface area contributed by atoms with Crippen LogP contribution in [0.4, 0.5) is 5.82 Å². The molecule has 0 bridgehead atoms. The number of nitrogens with one attached hydrogen (secondary N) is 2. The van der Waals surface area contributed by atoms with Crippen LogP contribution < -0.4 is 10.6 Å². The zero-order valence-electron chi connectivity index (χ0n) is 12.0. The lowest BCUT2D eigenvalue weighted by molar-refractivity contribution is 0.0951. The van der Waals surface area contributed by atoms with Gasteiger partial charge in [-0.25, -0.2) is 4.98 Å². The highest BCUT2D eigenvalue weighted by Crippen LogP contribution is 2.19. The molecule has 1 aliphatic rings. The SMILES string of the molecule is N#Cc1cccnc1NCc1ccc(C(=O)NC2CC2)cc1. The fourth-order valence-electron chi connectivity index (χ4n) is 2.09. The molecule has 2 N–H and O–H groups in total. The van der Waals surface area contributed by atoms with Crippen LogP contribution >= 0.6 is 0 Å². The third kappa shape index (κ3) is 3.41. The van der Waals surface area contributed by atoms with Gasteiger partial charge in [0.05, 0.1) is 5.56 Å². The molecule has 1 aromatic carbocycles. The second kappa shape index (κ2) is 6.27. The van der Waals surface area contributed by atoms with Crippen LogP contribution in [0.25, 0.3) is 0 Å². The fraction of sp³-hybridized carbons (Fsp3) is 0.235. The molecule has 0 spiro atoms. The van der Waals surface area contributed by atoms with Crippen molar-refractivity contribution in [3.05, 3.63) is 59.3 Å². The molecule has 1 aliphatic carbocycles. The lowest BCUT2D eigenvalue weighted by Crippen LogP contribution is -2.25. The fourth-order valence-corrected chi connectivity index (χ4v) is 2.09. The van der Waals surface area contributed by atoms with Crippen molar-refractivity contribution < 1.29 is 4.79 Å². The molecule has 22 heavy (non-hydrogen) atoms. The average molecular weight is 292 g/mol. The molecule has 0 aliphatic heterocycles. The molecule has 5 heteroatoms. The van der Waals surface area contributed by atoms with E-state index in [2.05, 4.69) is 21.7 Å². The number of pyridine rings is 1. The first kappa shape index (κ1) is 14.1. The van der Waals surface area contributed by atoms with Gasteiger partial charge in [-0.15, -0.1) is 0 Å². The Morgan fingerprint density at radius 1 is 1.27 bits per heavy atom. The Morgan fingerprint density at radius 2 is 2.05 bits per heavy atom. The first-order valence-electron chi connectivity index (χ1n) is 7.25. The number of hydrogen-bond acceptors (Lipinski definition) is 4. The van der Waals surface area contributed by atoms with Gasteiger partial charge in [0.1, 0.15) is 11.9 Å². The summed E-state index contributed by atoms with van der Waals surface area (Å²) in [6, 6.07) is 13.4. The summed E-state index contributed by atoms with van der Waals surface area (Å²) in [6.45, 7) is 0.552. The zero-order valence-corrected chi connectivity index (χ0v) is 12.0. The molecule has 1 fully saturated rings. The van der Waals surface area contributed by atoms with Gasteiger partial charge < -0.3 is 10.6 Å². The van der Waals surface area contributed by atoms with Gasteiger partial charge in [-0.1, -0.05) is 12.1 Å². The Bertz CT molecular complexity index is 714. The smallest absolute Gasteiger partial charge is 0.251 e. The van der Waals surface area contributed by atoms with E-state index in [-0.39, 0.29) is 5.91 Å². The van der Waals surface area contributed by atoms with E-state index in [0.717, 1.165) is 18.4 Å². The Labute approximate surface area is 129 Å². The predicted octanol–water partition coefficient (Wildman–Crippen LogP) is 2.46. The standard InChI is InChI=1S/C17H16N4O/c18-10-14-2-1-9-19-16(14)20-11-12-3-5-13(6-4-12)17(22)21-15-7-8-15/h1-6,9,15H,7-8,11H2,(H,19,20)(H,21,22). The van der Waals surface area contributed by atoms with Gasteiger partial charge in [0.25, 0.3) is 5.91 Å². The maximum absolute atomic E-state index is 11.9. The van der Waals surface area contributed by atoms with Crippen LogP contribution in [0.15, 0.2) is 42.6 Å². The van der Waals surface area contributed by atoms with Crippen LogP contribution in [0.3, 0.4) is 0 Å². The summed E-state index contributed by atoms with van der Waals surface area (Å²) in [6.07, 6.45) is 3.81. The molecule has 0 unspecified atom stereocenters. The van der Waals surface area contributed by atoms with E-state index in [1.54, 1.807) is 18.3 Å². The van der Waals surface area contributed by atoms with E-state index >= 15 is 0 Å². The number of rotatable bonds is 5. The summed E-state index contributed by atoms with van der Waals surface area (Å²) in [5.41, 5.74) is 2.21. The predicted molar refractivity (Wildman–Crippen MR) is 83.2 cm³/mol. The van der Waals surface area contributed by atoms with Crippen LogP contribution in [0.5, 0.6) is 0 Å². The molecule has 0 saturated heterocycles. The Morgan fingerprint density at radius 3 is 2.73 bits per heavy atom. The Balaban J connectivity index is 1.61. The number of nitriles is 1. The highest BCUT2D eigenvalue weighted by Gasteiger charge is 2.23. The minimum Gasteiger partial charge on any atom is -0.365 e. The molecular weight excluding hydrogens is 276 g/mol. The van der Waals surface area contributed by atoms with Gasteiger partial charge in [-0.3, -0.25) is 4.79 Å². The van der Waals surface area contributed by atoms with E-state index in [1.807, 2.05) is 24.3 Å². The first-order valence-corrected chi connectivity index (χ1v) is 7.25. The normalized spacial score (nSPS) is 13.2. The number of carbonyl (C=O) groups is 1. The number of aromatic nitrogens is 1. The summed E-state index contributed by atoms with van der Waals surface area (Å²) >= 11 is 0. The second-order valence-corrected chi connectivity index (χ2v) is 5.31. The topological polar surface area (TPSA) is 77.8 Å². The van der Waals surface area contributed by atoms with Crippen molar-refractivity contribution in [3.8, 4) is 6.07 Å². The van der Waals surface area contributed by atoms with Crippen molar-refractivity contribution in [1.82, 2.24) is 10.3 Å². The van der Waals surface area contributed by atoms with Crippen molar-refractivity contribution in [2.75, 3.05) is 5.32 Å². The van der Waals surface area contributed by atoms with Crippen molar-refractivity contribution in [3.63, 3.8) is 0 Å². The van der Waals surface area contributed by atoms with Gasteiger partial charge in [-0.05, 0) is 42.7 Å². The summed E-state index contributed by atoms with van der Waals surface area (Å²) in [5, 5.41) is 15.1. The van der Waals surface area contributed by atoms with E-state index in [1.165, 1.54) is 0 Å². The molecule has 0 atom stereocenters. The van der Waals surface area contributed by atoms with Crippen LogP contribution in [0.2, 0.25) is 0 Å². The number of hydrogen-bond donors (Lipinski definition) is 2. The third-order valence-corrected chi connectivity index (χ3v) is 3.52. The van der Waals surface area contributed by atoms with Gasteiger partial charge >= 0.3 is 0 Å². The first-order chi connectivity index (χ1) is 10.8. The summed E-state index contributed by atoms with van der Waals surface area (Å²) in [5.74, 6) is 0.555. The third-order valence-electron chi connectivity index (χ3n) is 3.52. The number of anilines is 1. The molecule has 1 heterocycles. The number of benzene rings is 1. The van der Waals surface area contributed by atoms with Gasteiger partial charge in [0.2, 0.25) is 0 Å². The van der Waals surface area contributed by atoms with E-state index in [0.29, 0.717) is 29.5 Å². The molecule has 0 radical (unpaired) electrons.